The van der Waals surface area contributed by atoms with Crippen LogP contribution >= 0.6 is 0 Å². The van der Waals surface area contributed by atoms with Gasteiger partial charge in [-0.15, -0.1) is 0 Å². The topological polar surface area (TPSA) is 279 Å². The van der Waals surface area contributed by atoms with Crippen LogP contribution in [0.3, 0.4) is 0 Å². The molecule has 2 aromatic rings. The zero-order valence-corrected chi connectivity index (χ0v) is 63.0. The van der Waals surface area contributed by atoms with Gasteiger partial charge in [-0.05, 0) is 131 Å². The first-order chi connectivity index (χ1) is 50.9. The second-order valence-electron chi connectivity index (χ2n) is 29.6. The highest BCUT2D eigenvalue weighted by molar-refractivity contribution is 6.01. The Balaban J connectivity index is 1.22. The molecule has 3 N–H and O–H groups in total. The quantitative estimate of drug-likeness (QED) is 0.172. The molecule has 108 heavy (non-hydrogen) atoms. The van der Waals surface area contributed by atoms with Crippen LogP contribution in [0.2, 0.25) is 0 Å². The van der Waals surface area contributed by atoms with Gasteiger partial charge in [0.05, 0.1) is 31.2 Å². The number of carbonyl (C=O) groups excluding carboxylic acids is 12. The molecule has 5 fully saturated rings. The Morgan fingerprint density at radius 1 is 0.639 bits per heavy atom. The fourth-order valence-electron chi connectivity index (χ4n) is 15.6. The predicted molar refractivity (Wildman–Crippen MR) is 376 cm³/mol. The molecule has 25 nitrogen and oxygen atoms in total. The molecule has 0 aromatic heterocycles. The molecule has 4 aliphatic heterocycles. The minimum absolute atomic E-state index is 0.00372. The molecule has 596 valence electrons. The molecular weight excluding hydrogens is 1430 g/mol. The molecule has 6 aliphatic rings. The van der Waals surface area contributed by atoms with E-state index in [1.165, 1.54) is 45.0 Å². The predicted octanol–water partition coefficient (Wildman–Crippen LogP) is 5.64. The standard InChI is InChI=1S/C75H102F8N12O13/c1-11-44(4)62-70(105)88(6)43-60(98)90(8)54-24-15-14-18-35-94(69(54)104)57(38-45-25-28-48(29-26-45)74(78,79)80)67(102)87(5)42-58(96)84-52(30-27-46-36-50(76)61(51(77)37-46)75(81,82)83)66(101)95-41-49(108-13-3)39-55(95)65(100)86-73(31-21-32-73)72(107)92(10)63(47-22-16-17-23-47)71(106)91(9)56(68(103)93-33-19-20-34-93)40-59(97)89(7)53(12-2)64(99)85-62/h14-15,25-26,28-29,36-37,44,47,49,52-57,62-63H,11-13,16-24,27,30-35,38-43H2,1-10H3,(H,84,96)(H,85,99)(H,86,100)/b15-14-/t44-,49+,52-,53-,54+,55-,56-,57-,62-,63-/m0/s1. The van der Waals surface area contributed by atoms with Crippen molar-refractivity contribution < 1.29 is 97.4 Å². The number of carbonyl (C=O) groups is 12. The molecule has 1 spiro atoms. The number of halogens is 8. The van der Waals surface area contributed by atoms with Crippen LogP contribution in [0.1, 0.15) is 153 Å². The molecule has 3 saturated heterocycles. The number of likely N-dealkylation sites (N-methyl/N-ethyl adjacent to an activating group) is 6. The number of nitrogens with one attached hydrogen (secondary N) is 3. The third-order valence-electron chi connectivity index (χ3n) is 22.4. The summed E-state index contributed by atoms with van der Waals surface area (Å²) in [5.41, 5.74) is -5.23. The number of hydrogen-bond acceptors (Lipinski definition) is 13. The van der Waals surface area contributed by atoms with Gasteiger partial charge in [-0.2, -0.15) is 26.3 Å². The van der Waals surface area contributed by atoms with Crippen molar-refractivity contribution in [3.63, 3.8) is 0 Å². The summed E-state index contributed by atoms with van der Waals surface area (Å²) in [6.07, 6.45) is -6.06. The van der Waals surface area contributed by atoms with Crippen LogP contribution in [0.4, 0.5) is 35.1 Å². The maximum Gasteiger partial charge on any atom is 0.422 e. The molecule has 2 aromatic carbocycles. The summed E-state index contributed by atoms with van der Waals surface area (Å²) < 4.78 is 120. The number of benzene rings is 2. The van der Waals surface area contributed by atoms with Gasteiger partial charge in [-0.25, -0.2) is 8.78 Å². The highest BCUT2D eigenvalue weighted by Crippen LogP contribution is 2.40. The van der Waals surface area contributed by atoms with E-state index < -0.39 is 222 Å². The lowest BCUT2D eigenvalue weighted by atomic mass is 9.74. The second-order valence-corrected chi connectivity index (χ2v) is 29.6. The van der Waals surface area contributed by atoms with Crippen LogP contribution in [0.15, 0.2) is 48.6 Å². The van der Waals surface area contributed by atoms with Crippen molar-refractivity contribution in [2.45, 2.75) is 216 Å². The summed E-state index contributed by atoms with van der Waals surface area (Å²) >= 11 is 0. The van der Waals surface area contributed by atoms with Crippen molar-refractivity contribution in [3.8, 4) is 0 Å². The van der Waals surface area contributed by atoms with Crippen LogP contribution in [-0.2, 0) is 87.5 Å². The molecule has 33 heteroatoms. The van der Waals surface area contributed by atoms with E-state index >= 15 is 37.5 Å². The van der Waals surface area contributed by atoms with Crippen LogP contribution in [0, 0.1) is 23.5 Å². The Bertz CT molecular complexity index is 3660. The first kappa shape index (κ1) is 84.8. The molecule has 4 heterocycles. The summed E-state index contributed by atoms with van der Waals surface area (Å²) in [6.45, 7) is 5.21. The van der Waals surface area contributed by atoms with Crippen molar-refractivity contribution in [3.05, 3.63) is 82.4 Å². The summed E-state index contributed by atoms with van der Waals surface area (Å²) in [4.78, 5) is 191. The number of ether oxygens (including phenoxy) is 1. The Kier molecular flexibility index (Phi) is 28.4. The zero-order chi connectivity index (χ0) is 79.6. The van der Waals surface area contributed by atoms with Gasteiger partial charge in [-0.1, -0.05) is 64.3 Å². The fraction of sp³-hybridized carbons (Fsp3) is 0.653. The molecule has 2 bridgehead atoms. The van der Waals surface area contributed by atoms with Gasteiger partial charge >= 0.3 is 12.4 Å². The first-order valence-electron chi connectivity index (χ1n) is 37.2. The van der Waals surface area contributed by atoms with E-state index in [0.29, 0.717) is 76.6 Å². The van der Waals surface area contributed by atoms with Gasteiger partial charge in [0.25, 0.3) is 0 Å². The number of aryl methyl sites for hydroxylation is 1. The maximum absolute atomic E-state index is 15.6. The zero-order valence-electron chi connectivity index (χ0n) is 63.0. The number of fused-ring (bicyclic) bond motifs is 3. The van der Waals surface area contributed by atoms with Crippen molar-refractivity contribution >= 4 is 70.9 Å². The number of rotatable bonds is 12. The Hall–Kier alpha value is -8.78. The van der Waals surface area contributed by atoms with Gasteiger partial charge in [0.1, 0.15) is 71.1 Å². The van der Waals surface area contributed by atoms with Gasteiger partial charge in [0.2, 0.25) is 70.9 Å². The van der Waals surface area contributed by atoms with E-state index in [9.17, 15) is 55.1 Å². The van der Waals surface area contributed by atoms with Crippen molar-refractivity contribution in [2.24, 2.45) is 11.8 Å². The number of likely N-dealkylation sites (tertiary alicyclic amines) is 1. The van der Waals surface area contributed by atoms with E-state index in [4.69, 9.17) is 4.74 Å². The Morgan fingerprint density at radius 2 is 1.27 bits per heavy atom. The van der Waals surface area contributed by atoms with Crippen molar-refractivity contribution in [2.75, 3.05) is 88.2 Å². The number of alkyl halides is 6. The normalized spacial score (nSPS) is 26.8. The number of amides is 12. The summed E-state index contributed by atoms with van der Waals surface area (Å²) in [6, 6.07) is -7.18. The molecule has 0 unspecified atom stereocenters. The lowest BCUT2D eigenvalue weighted by Gasteiger charge is -2.46. The molecule has 0 radical (unpaired) electrons. The minimum atomic E-state index is -5.46. The van der Waals surface area contributed by atoms with Crippen LogP contribution in [0.5, 0.6) is 0 Å². The monoisotopic (exact) mass is 1530 g/mol. The van der Waals surface area contributed by atoms with Crippen molar-refractivity contribution in [1.29, 1.82) is 0 Å². The van der Waals surface area contributed by atoms with Gasteiger partial charge in [0.15, 0.2) is 0 Å². The summed E-state index contributed by atoms with van der Waals surface area (Å²) in [5.74, 6) is -14.9. The van der Waals surface area contributed by atoms with E-state index in [2.05, 4.69) is 16.0 Å². The molecule has 2 aliphatic carbocycles. The molecule has 2 saturated carbocycles. The largest absolute Gasteiger partial charge is 0.422 e. The Morgan fingerprint density at radius 3 is 1.84 bits per heavy atom. The average molecular weight is 1530 g/mol. The lowest BCUT2D eigenvalue weighted by molar-refractivity contribution is -0.158. The van der Waals surface area contributed by atoms with Crippen molar-refractivity contribution in [1.82, 2.24) is 60.0 Å². The lowest BCUT2D eigenvalue weighted by Crippen LogP contribution is -2.68. The smallest absolute Gasteiger partial charge is 0.377 e. The van der Waals surface area contributed by atoms with Crippen LogP contribution in [0.25, 0.3) is 0 Å². The molecule has 8 rings (SSSR count). The SMILES string of the molecule is CCO[C@@H]1C[C@H]2C(=O)NC3(CCC3)C(=O)N(C)[C@@H](C3CCCC3)C(=O)N(C)[C@H](C(=O)N3CCCC3)CC(=O)N(C)[C@@H](CC)C(=O)N[C@@H]([C@@H](C)CC)C(=O)N(C)CC(=O)N(C)[C@@H]3C/C=C\CCN(C3=O)[C@@H](Cc3ccc(C(F)(F)F)cc3)C(=O)N(C)CC(=O)N[C@@H](CCc3cc(F)c(C(F)(F)F)c(F)c3)C(=O)N2C1. The Labute approximate surface area is 624 Å². The van der Waals surface area contributed by atoms with Gasteiger partial charge in [-0.3, -0.25) is 57.5 Å². The van der Waals surface area contributed by atoms with Crippen LogP contribution in [-0.4, -0.2) is 263 Å². The first-order valence-corrected chi connectivity index (χ1v) is 37.2. The van der Waals surface area contributed by atoms with Gasteiger partial charge in [0, 0.05) is 87.9 Å². The number of nitrogens with zero attached hydrogens (tertiary/aromatic N) is 9. The van der Waals surface area contributed by atoms with E-state index in [1.54, 1.807) is 44.7 Å². The minimum Gasteiger partial charge on any atom is -0.377 e. The van der Waals surface area contributed by atoms with Crippen LogP contribution < -0.4 is 16.0 Å². The second kappa shape index (κ2) is 36.2. The highest BCUT2D eigenvalue weighted by atomic mass is 19.4. The highest BCUT2D eigenvalue weighted by Gasteiger charge is 2.54. The maximum atomic E-state index is 15.6. The fourth-order valence-corrected chi connectivity index (χ4v) is 15.6. The van der Waals surface area contributed by atoms with E-state index in [0.717, 1.165) is 60.7 Å². The summed E-state index contributed by atoms with van der Waals surface area (Å²) in [7, 11) is 7.87. The molecular formula is C75H102F8N12O13. The third-order valence-corrected chi connectivity index (χ3v) is 22.4. The average Bonchev–Trinajstić information content (AvgIpc) is 1.21. The third kappa shape index (κ3) is 19.6. The molecule has 12 amide bonds. The van der Waals surface area contributed by atoms with Gasteiger partial charge < -0.3 is 64.8 Å². The van der Waals surface area contributed by atoms with E-state index in [-0.39, 0.29) is 63.8 Å². The summed E-state index contributed by atoms with van der Waals surface area (Å²) in [5, 5.41) is 8.26. The molecule has 10 atom stereocenters. The number of hydrogen-bond donors (Lipinski definition) is 3. The van der Waals surface area contributed by atoms with E-state index in [1.807, 2.05) is 0 Å².